The lowest BCUT2D eigenvalue weighted by molar-refractivity contribution is -0.385. The molecule has 0 aliphatic carbocycles. The Morgan fingerprint density at radius 1 is 1.00 bits per heavy atom. The van der Waals surface area contributed by atoms with Gasteiger partial charge in [-0.15, -0.1) is 0 Å². The summed E-state index contributed by atoms with van der Waals surface area (Å²) in [5.74, 6) is -0.907. The minimum atomic E-state index is -0.541. The Kier molecular flexibility index (Phi) is 5.71. The average molecular weight is 355 g/mol. The molecule has 0 unspecified atom stereocenters. The maximum absolute atomic E-state index is 12.2. The Bertz CT molecular complexity index is 867. The number of anilines is 1. The van der Waals surface area contributed by atoms with Gasteiger partial charge in [-0.1, -0.05) is 23.8 Å². The molecule has 0 saturated carbocycles. The number of aryl methyl sites for hydroxylation is 4. The Morgan fingerprint density at radius 3 is 2.19 bits per heavy atom. The van der Waals surface area contributed by atoms with Crippen molar-refractivity contribution in [3.63, 3.8) is 0 Å². The van der Waals surface area contributed by atoms with Gasteiger partial charge in [0.15, 0.2) is 0 Å². The van der Waals surface area contributed by atoms with Crippen LogP contribution in [0.3, 0.4) is 0 Å². The molecule has 7 nitrogen and oxygen atoms in total. The number of nitrogens with one attached hydrogen (secondary N) is 2. The van der Waals surface area contributed by atoms with Crippen LogP contribution in [-0.2, 0) is 4.79 Å². The third kappa shape index (κ3) is 4.44. The van der Waals surface area contributed by atoms with Crippen LogP contribution in [0.25, 0.3) is 0 Å². The van der Waals surface area contributed by atoms with Gasteiger partial charge in [0.1, 0.15) is 0 Å². The fraction of sp³-hybridized carbons (Fsp3) is 0.263. The first-order chi connectivity index (χ1) is 12.2. The number of amides is 2. The van der Waals surface area contributed by atoms with E-state index in [2.05, 4.69) is 10.6 Å². The zero-order chi connectivity index (χ0) is 19.4. The lowest BCUT2D eigenvalue weighted by Crippen LogP contribution is -2.33. The van der Waals surface area contributed by atoms with Crippen molar-refractivity contribution in [1.82, 2.24) is 5.32 Å². The van der Waals surface area contributed by atoms with E-state index < -0.39 is 10.8 Å². The van der Waals surface area contributed by atoms with Crippen LogP contribution in [0.15, 0.2) is 30.3 Å². The molecule has 2 aromatic rings. The number of nitro benzene ring substituents is 1. The number of carbonyl (C=O) groups excluding carboxylic acids is 2. The van der Waals surface area contributed by atoms with Gasteiger partial charge < -0.3 is 10.6 Å². The lowest BCUT2D eigenvalue weighted by atomic mass is 10.1. The summed E-state index contributed by atoms with van der Waals surface area (Å²) in [6.07, 6.45) is 0. The van der Waals surface area contributed by atoms with Crippen LogP contribution in [0, 0.1) is 37.8 Å². The molecule has 0 spiro atoms. The van der Waals surface area contributed by atoms with Crippen molar-refractivity contribution in [1.29, 1.82) is 0 Å². The maximum Gasteiger partial charge on any atom is 0.273 e. The summed E-state index contributed by atoms with van der Waals surface area (Å²) in [6.45, 7) is 7.15. The SMILES string of the molecule is Cc1cc(C)c(NC(=O)CNC(=O)c2ccc(C)c([N+](=O)[O-])c2)c(C)c1. The van der Waals surface area contributed by atoms with Gasteiger partial charge in [0.25, 0.3) is 11.6 Å². The molecule has 26 heavy (non-hydrogen) atoms. The van der Waals surface area contributed by atoms with E-state index in [4.69, 9.17) is 0 Å². The van der Waals surface area contributed by atoms with E-state index in [1.807, 2.05) is 32.9 Å². The van der Waals surface area contributed by atoms with Crippen molar-refractivity contribution in [2.45, 2.75) is 27.7 Å². The normalized spacial score (nSPS) is 10.3. The quantitative estimate of drug-likeness (QED) is 0.635. The van der Waals surface area contributed by atoms with Crippen molar-refractivity contribution in [3.05, 3.63) is 68.3 Å². The summed E-state index contributed by atoms with van der Waals surface area (Å²) in [5.41, 5.74) is 4.18. The van der Waals surface area contributed by atoms with E-state index in [0.717, 1.165) is 22.4 Å². The molecule has 0 aliphatic rings. The highest BCUT2D eigenvalue weighted by Gasteiger charge is 2.16. The third-order valence-electron chi connectivity index (χ3n) is 4.02. The fourth-order valence-electron chi connectivity index (χ4n) is 2.77. The van der Waals surface area contributed by atoms with Crippen molar-refractivity contribution in [2.24, 2.45) is 0 Å². The van der Waals surface area contributed by atoms with E-state index >= 15 is 0 Å². The number of nitrogens with zero attached hydrogens (tertiary/aromatic N) is 1. The smallest absolute Gasteiger partial charge is 0.273 e. The summed E-state index contributed by atoms with van der Waals surface area (Å²) >= 11 is 0. The van der Waals surface area contributed by atoms with Gasteiger partial charge in [0.05, 0.1) is 11.5 Å². The van der Waals surface area contributed by atoms with Gasteiger partial charge in [-0.05, 0) is 44.9 Å². The summed E-state index contributed by atoms with van der Waals surface area (Å²) < 4.78 is 0. The first-order valence-electron chi connectivity index (χ1n) is 8.10. The van der Waals surface area contributed by atoms with Crippen molar-refractivity contribution in [3.8, 4) is 0 Å². The number of nitro groups is 1. The number of hydrogen-bond donors (Lipinski definition) is 2. The molecule has 2 aromatic carbocycles. The van der Waals surface area contributed by atoms with Gasteiger partial charge in [-0.25, -0.2) is 0 Å². The van der Waals surface area contributed by atoms with E-state index in [1.165, 1.54) is 18.2 Å². The first-order valence-corrected chi connectivity index (χ1v) is 8.10. The molecule has 0 heterocycles. The molecular weight excluding hydrogens is 334 g/mol. The van der Waals surface area contributed by atoms with Crippen molar-refractivity contribution in [2.75, 3.05) is 11.9 Å². The summed E-state index contributed by atoms with van der Waals surface area (Å²) in [5, 5.41) is 16.2. The van der Waals surface area contributed by atoms with Gasteiger partial charge >= 0.3 is 0 Å². The second kappa shape index (κ2) is 7.77. The predicted octanol–water partition coefficient (Wildman–Crippen LogP) is 3.20. The molecular formula is C19H21N3O4. The maximum atomic E-state index is 12.2. The molecule has 0 aromatic heterocycles. The van der Waals surface area contributed by atoms with Crippen LogP contribution >= 0.6 is 0 Å². The van der Waals surface area contributed by atoms with Crippen LogP contribution in [0.1, 0.15) is 32.6 Å². The zero-order valence-corrected chi connectivity index (χ0v) is 15.2. The Hall–Kier alpha value is -3.22. The summed E-state index contributed by atoms with van der Waals surface area (Å²) in [7, 11) is 0. The predicted molar refractivity (Wildman–Crippen MR) is 99.4 cm³/mol. The number of carbonyl (C=O) groups is 2. The highest BCUT2D eigenvalue weighted by Crippen LogP contribution is 2.22. The second-order valence-electron chi connectivity index (χ2n) is 6.26. The Balaban J connectivity index is 2.03. The first kappa shape index (κ1) is 19.1. The molecule has 0 fully saturated rings. The Morgan fingerprint density at radius 2 is 1.62 bits per heavy atom. The van der Waals surface area contributed by atoms with Crippen LogP contribution in [-0.4, -0.2) is 23.3 Å². The molecule has 2 N–H and O–H groups in total. The van der Waals surface area contributed by atoms with Gasteiger partial charge in [0.2, 0.25) is 5.91 Å². The molecule has 136 valence electrons. The number of benzene rings is 2. The van der Waals surface area contributed by atoms with Crippen LogP contribution in [0.4, 0.5) is 11.4 Å². The van der Waals surface area contributed by atoms with E-state index in [9.17, 15) is 19.7 Å². The summed E-state index contributed by atoms with van der Waals surface area (Å²) in [6, 6.07) is 8.13. The molecule has 2 amide bonds. The van der Waals surface area contributed by atoms with E-state index in [0.29, 0.717) is 5.56 Å². The molecule has 7 heteroatoms. The van der Waals surface area contributed by atoms with E-state index in [1.54, 1.807) is 6.92 Å². The average Bonchev–Trinajstić information content (AvgIpc) is 2.56. The topological polar surface area (TPSA) is 101 Å². The van der Waals surface area contributed by atoms with Crippen LogP contribution in [0.5, 0.6) is 0 Å². The third-order valence-corrected chi connectivity index (χ3v) is 4.02. The molecule has 0 bridgehead atoms. The number of hydrogen-bond acceptors (Lipinski definition) is 4. The summed E-state index contributed by atoms with van der Waals surface area (Å²) in [4.78, 5) is 34.7. The van der Waals surface area contributed by atoms with Crippen LogP contribution in [0.2, 0.25) is 0 Å². The highest BCUT2D eigenvalue weighted by molar-refractivity contribution is 6.00. The number of rotatable bonds is 5. The Labute approximate surface area is 151 Å². The minimum Gasteiger partial charge on any atom is -0.343 e. The van der Waals surface area contributed by atoms with Gasteiger partial charge in [0, 0.05) is 22.9 Å². The minimum absolute atomic E-state index is 0.131. The van der Waals surface area contributed by atoms with E-state index in [-0.39, 0.29) is 23.7 Å². The molecule has 0 atom stereocenters. The standard InChI is InChI=1S/C19H21N3O4/c1-11-7-13(3)18(14(4)8-11)21-17(23)10-20-19(24)15-6-5-12(2)16(9-15)22(25)26/h5-9H,10H2,1-4H3,(H,20,24)(H,21,23). The fourth-order valence-corrected chi connectivity index (χ4v) is 2.77. The molecule has 2 rings (SSSR count). The highest BCUT2D eigenvalue weighted by atomic mass is 16.6. The zero-order valence-electron chi connectivity index (χ0n) is 15.2. The van der Waals surface area contributed by atoms with Gasteiger partial charge in [-0.2, -0.15) is 0 Å². The van der Waals surface area contributed by atoms with Crippen molar-refractivity contribution < 1.29 is 14.5 Å². The van der Waals surface area contributed by atoms with Crippen molar-refractivity contribution >= 4 is 23.2 Å². The lowest BCUT2D eigenvalue weighted by Gasteiger charge is -2.13. The molecule has 0 saturated heterocycles. The van der Waals surface area contributed by atoms with Crippen LogP contribution < -0.4 is 10.6 Å². The molecule has 0 radical (unpaired) electrons. The largest absolute Gasteiger partial charge is 0.343 e. The second-order valence-corrected chi connectivity index (χ2v) is 6.26. The monoisotopic (exact) mass is 355 g/mol. The molecule has 0 aliphatic heterocycles. The van der Waals surface area contributed by atoms with Gasteiger partial charge in [-0.3, -0.25) is 19.7 Å².